The van der Waals surface area contributed by atoms with Crippen molar-refractivity contribution in [1.29, 1.82) is 0 Å². The van der Waals surface area contributed by atoms with E-state index in [2.05, 4.69) is 76.2 Å². The minimum Gasteiger partial charge on any atom is -0.0683 e. The highest BCUT2D eigenvalue weighted by Crippen LogP contribution is 1.94. The van der Waals surface area contributed by atoms with Crippen LogP contribution in [0.4, 0.5) is 0 Å². The maximum Gasteiger partial charge on any atom is -0.0398 e. The molecule has 0 nitrogen and oxygen atoms in total. The Balaban J connectivity index is -0.0000000855. The molecule has 0 N–H and O–H groups in total. The zero-order valence-corrected chi connectivity index (χ0v) is 29.5. The Morgan fingerprint density at radius 1 is 0.200 bits per heavy atom. The highest BCUT2D eigenvalue weighted by molar-refractivity contribution is 5.13. The normalized spacial score (nSPS) is 7.00. The highest BCUT2D eigenvalue weighted by atomic mass is 13.8. The van der Waals surface area contributed by atoms with Crippen molar-refractivity contribution in [1.82, 2.24) is 0 Å². The fourth-order valence-corrected chi connectivity index (χ4v) is 2.14. The lowest BCUT2D eigenvalue weighted by Gasteiger charge is -1.82. The molecule has 0 heteroatoms. The van der Waals surface area contributed by atoms with Gasteiger partial charge in [0.15, 0.2) is 0 Å². The smallest absolute Gasteiger partial charge is 0.0398 e. The van der Waals surface area contributed by atoms with Gasteiger partial charge in [0.1, 0.15) is 0 Å². The summed E-state index contributed by atoms with van der Waals surface area (Å²) in [5.41, 5.74) is 5.29. The van der Waals surface area contributed by atoms with Gasteiger partial charge in [0.25, 0.3) is 0 Å². The molecule has 0 heterocycles. The molecule has 0 unspecified atom stereocenters. The van der Waals surface area contributed by atoms with E-state index in [9.17, 15) is 0 Å². The molecular formula is C40H68. The third-order valence-corrected chi connectivity index (χ3v) is 3.76. The largest absolute Gasteiger partial charge is 0.0683 e. The summed E-state index contributed by atoms with van der Waals surface area (Å²) in [5, 5.41) is 0. The molecule has 4 aromatic carbocycles. The molecular weight excluding hydrogens is 480 g/mol. The van der Waals surface area contributed by atoms with Crippen molar-refractivity contribution in [2.45, 2.75) is 111 Å². The second-order valence-electron chi connectivity index (χ2n) is 6.62. The first-order valence-electron chi connectivity index (χ1n) is 15.6. The van der Waals surface area contributed by atoms with E-state index >= 15 is 0 Å². The Kier molecular flexibility index (Phi) is 65.1. The Hall–Kier alpha value is -3.12. The highest BCUT2D eigenvalue weighted by Gasteiger charge is 1.74. The van der Waals surface area contributed by atoms with Crippen LogP contribution < -0.4 is 0 Å². The number of rotatable bonds is 0. The molecule has 0 aliphatic heterocycles. The van der Waals surface area contributed by atoms with Crippen LogP contribution in [0, 0.1) is 27.7 Å². The summed E-state index contributed by atoms with van der Waals surface area (Å²) in [5.74, 6) is 0. The van der Waals surface area contributed by atoms with Gasteiger partial charge in [-0.2, -0.15) is 0 Å². The van der Waals surface area contributed by atoms with Crippen LogP contribution in [0.5, 0.6) is 0 Å². The second kappa shape index (κ2) is 52.3. The van der Waals surface area contributed by atoms with Crippen molar-refractivity contribution in [2.24, 2.45) is 0 Å². The van der Waals surface area contributed by atoms with Gasteiger partial charge in [0.2, 0.25) is 0 Å². The molecule has 0 atom stereocenters. The minimum atomic E-state index is 1.32. The average molecular weight is 549 g/mol. The zero-order valence-electron chi connectivity index (χ0n) is 29.5. The lowest BCUT2D eigenvalue weighted by Crippen LogP contribution is -1.62. The molecule has 0 amide bonds. The lowest BCUT2D eigenvalue weighted by molar-refractivity contribution is 1.48. The Morgan fingerprint density at radius 2 is 0.300 bits per heavy atom. The SMILES string of the molecule is CC.CC.CC.CC.CC.CC.Cc1ccccc1.Cc1ccccc1.Cc1ccccc1.Cc1ccccc1. The van der Waals surface area contributed by atoms with Crippen LogP contribution >= 0.6 is 0 Å². The van der Waals surface area contributed by atoms with E-state index in [1.807, 2.05) is 156 Å². The standard InChI is InChI=1S/4C7H8.6C2H6/c4*1-7-5-3-2-4-6-7;6*1-2/h4*2-6H,1H3;6*1-2H3. The molecule has 40 heavy (non-hydrogen) atoms. The summed E-state index contributed by atoms with van der Waals surface area (Å²) in [4.78, 5) is 0. The van der Waals surface area contributed by atoms with Crippen molar-refractivity contribution >= 4 is 0 Å². The first-order chi connectivity index (χ1) is 19.6. The number of hydrogen-bond donors (Lipinski definition) is 0. The van der Waals surface area contributed by atoms with E-state index in [4.69, 9.17) is 0 Å². The molecule has 0 aromatic heterocycles. The minimum absolute atomic E-state index is 1.32. The van der Waals surface area contributed by atoms with Crippen molar-refractivity contribution < 1.29 is 0 Å². The van der Waals surface area contributed by atoms with E-state index in [0.717, 1.165) is 0 Å². The van der Waals surface area contributed by atoms with E-state index in [-0.39, 0.29) is 0 Å². The van der Waals surface area contributed by atoms with Gasteiger partial charge < -0.3 is 0 Å². The van der Waals surface area contributed by atoms with Crippen LogP contribution in [0.2, 0.25) is 0 Å². The first kappa shape index (κ1) is 49.8. The third-order valence-electron chi connectivity index (χ3n) is 3.76. The first-order valence-corrected chi connectivity index (χ1v) is 15.6. The summed E-state index contributed by atoms with van der Waals surface area (Å²) in [7, 11) is 0. The van der Waals surface area contributed by atoms with Crippen LogP contribution in [0.3, 0.4) is 0 Å². The molecule has 4 aromatic rings. The molecule has 0 radical (unpaired) electrons. The fraction of sp³-hybridized carbons (Fsp3) is 0.400. The Labute approximate surface area is 253 Å². The van der Waals surface area contributed by atoms with E-state index in [0.29, 0.717) is 0 Å². The maximum absolute atomic E-state index is 2.08. The van der Waals surface area contributed by atoms with Crippen LogP contribution in [0.25, 0.3) is 0 Å². The zero-order chi connectivity index (χ0) is 32.5. The summed E-state index contributed by atoms with van der Waals surface area (Å²) in [6, 6.07) is 41.0. The van der Waals surface area contributed by atoms with Gasteiger partial charge in [0, 0.05) is 0 Å². The summed E-state index contributed by atoms with van der Waals surface area (Å²) in [6.45, 7) is 32.3. The van der Waals surface area contributed by atoms with E-state index in [1.165, 1.54) is 22.3 Å². The van der Waals surface area contributed by atoms with Gasteiger partial charge in [-0.05, 0) is 27.7 Å². The average Bonchev–Trinajstić information content (AvgIpc) is 3.06. The van der Waals surface area contributed by atoms with Gasteiger partial charge in [-0.15, -0.1) is 0 Å². The molecule has 0 bridgehead atoms. The van der Waals surface area contributed by atoms with Crippen LogP contribution in [0.15, 0.2) is 121 Å². The van der Waals surface area contributed by atoms with Gasteiger partial charge >= 0.3 is 0 Å². The lowest BCUT2D eigenvalue weighted by atomic mass is 10.2. The molecule has 0 saturated carbocycles. The van der Waals surface area contributed by atoms with Crippen molar-refractivity contribution in [2.75, 3.05) is 0 Å². The molecule has 4 rings (SSSR count). The molecule has 0 aliphatic rings. The number of benzene rings is 4. The van der Waals surface area contributed by atoms with Gasteiger partial charge in [-0.1, -0.05) is 227 Å². The van der Waals surface area contributed by atoms with Gasteiger partial charge in [-0.3, -0.25) is 0 Å². The predicted molar refractivity (Wildman–Crippen MR) is 193 cm³/mol. The van der Waals surface area contributed by atoms with Crippen LogP contribution in [0.1, 0.15) is 105 Å². The Bertz CT molecular complexity index is 670. The van der Waals surface area contributed by atoms with E-state index < -0.39 is 0 Å². The monoisotopic (exact) mass is 549 g/mol. The number of aryl methyl sites for hydroxylation is 4. The van der Waals surface area contributed by atoms with Crippen molar-refractivity contribution in [3.63, 3.8) is 0 Å². The van der Waals surface area contributed by atoms with Gasteiger partial charge in [0.05, 0.1) is 0 Å². The molecule has 0 aliphatic carbocycles. The second-order valence-corrected chi connectivity index (χ2v) is 6.62. The van der Waals surface area contributed by atoms with Crippen LogP contribution in [-0.4, -0.2) is 0 Å². The molecule has 0 saturated heterocycles. The topological polar surface area (TPSA) is 0 Å². The summed E-state index contributed by atoms with van der Waals surface area (Å²) < 4.78 is 0. The Morgan fingerprint density at radius 3 is 0.350 bits per heavy atom. The number of hydrogen-bond acceptors (Lipinski definition) is 0. The fourth-order valence-electron chi connectivity index (χ4n) is 2.14. The predicted octanol–water partition coefficient (Wildman–Crippen LogP) is 14.1. The summed E-state index contributed by atoms with van der Waals surface area (Å²) in [6.07, 6.45) is 0. The molecule has 228 valence electrons. The van der Waals surface area contributed by atoms with Crippen molar-refractivity contribution in [3.05, 3.63) is 144 Å². The summed E-state index contributed by atoms with van der Waals surface area (Å²) >= 11 is 0. The van der Waals surface area contributed by atoms with E-state index in [1.54, 1.807) is 0 Å². The van der Waals surface area contributed by atoms with Gasteiger partial charge in [-0.25, -0.2) is 0 Å². The van der Waals surface area contributed by atoms with Crippen molar-refractivity contribution in [3.8, 4) is 0 Å². The maximum atomic E-state index is 2.08. The van der Waals surface area contributed by atoms with Crippen LogP contribution in [-0.2, 0) is 0 Å². The quantitative estimate of drug-likeness (QED) is 0.205. The third kappa shape index (κ3) is 48.0. The molecule has 0 spiro atoms. The molecule has 0 fully saturated rings.